The van der Waals surface area contributed by atoms with Gasteiger partial charge in [0.15, 0.2) is 0 Å². The Kier molecular flexibility index (Phi) is 4.95. The quantitative estimate of drug-likeness (QED) is 0.761. The van der Waals surface area contributed by atoms with Gasteiger partial charge in [-0.2, -0.15) is 0 Å². The van der Waals surface area contributed by atoms with Crippen molar-refractivity contribution >= 4 is 0 Å². The molecule has 3 heteroatoms. The Morgan fingerprint density at radius 2 is 2.41 bits per heavy atom. The van der Waals surface area contributed by atoms with Gasteiger partial charge in [0.25, 0.3) is 0 Å². The molecule has 3 nitrogen and oxygen atoms in total. The summed E-state index contributed by atoms with van der Waals surface area (Å²) in [6, 6.07) is 6.06. The second-order valence-corrected chi connectivity index (χ2v) is 4.86. The molecule has 1 aliphatic rings. The van der Waals surface area contributed by atoms with Crippen molar-refractivity contribution in [1.82, 2.24) is 15.2 Å². The van der Waals surface area contributed by atoms with E-state index in [1.807, 2.05) is 18.3 Å². The molecular weight excluding hydrogens is 210 g/mol. The molecule has 2 rings (SSSR count). The summed E-state index contributed by atoms with van der Waals surface area (Å²) in [7, 11) is 0. The van der Waals surface area contributed by atoms with Crippen LogP contribution in [0.25, 0.3) is 0 Å². The van der Waals surface area contributed by atoms with Gasteiger partial charge in [0.2, 0.25) is 0 Å². The lowest BCUT2D eigenvalue weighted by atomic mass is 10.1. The molecule has 1 N–H and O–H groups in total. The molecule has 0 radical (unpaired) electrons. The van der Waals surface area contributed by atoms with Crippen LogP contribution in [0, 0.1) is 5.92 Å². The van der Waals surface area contributed by atoms with Crippen LogP contribution in [-0.4, -0.2) is 36.1 Å². The van der Waals surface area contributed by atoms with Gasteiger partial charge in [-0.05, 0) is 31.0 Å². The molecule has 0 saturated carbocycles. The van der Waals surface area contributed by atoms with E-state index >= 15 is 0 Å². The minimum absolute atomic E-state index is 0.881. The third-order valence-electron chi connectivity index (χ3n) is 3.58. The van der Waals surface area contributed by atoms with Crippen LogP contribution in [0.5, 0.6) is 0 Å². The van der Waals surface area contributed by atoms with Gasteiger partial charge < -0.3 is 10.2 Å². The van der Waals surface area contributed by atoms with Gasteiger partial charge >= 0.3 is 0 Å². The van der Waals surface area contributed by atoms with E-state index in [9.17, 15) is 0 Å². The second-order valence-electron chi connectivity index (χ2n) is 4.86. The fourth-order valence-electron chi connectivity index (χ4n) is 2.41. The van der Waals surface area contributed by atoms with E-state index in [-0.39, 0.29) is 0 Å². The molecular formula is C14H23N3. The van der Waals surface area contributed by atoms with Crippen molar-refractivity contribution in [1.29, 1.82) is 0 Å². The number of nitrogens with one attached hydrogen (secondary N) is 1. The highest BCUT2D eigenvalue weighted by atomic mass is 15.2. The van der Waals surface area contributed by atoms with Crippen LogP contribution in [0.2, 0.25) is 0 Å². The second kappa shape index (κ2) is 6.72. The third kappa shape index (κ3) is 4.10. The van der Waals surface area contributed by atoms with Crippen LogP contribution in [0.15, 0.2) is 24.4 Å². The standard InChI is InChI=1S/C14H23N3/c1-2-13-6-9-17(12-13)10-8-15-11-14-5-3-4-7-16-14/h3-5,7,13,15H,2,6,8-12H2,1H3. The number of rotatable bonds is 6. The summed E-state index contributed by atoms with van der Waals surface area (Å²) in [6.07, 6.45) is 4.57. The maximum atomic E-state index is 4.30. The minimum Gasteiger partial charge on any atom is -0.310 e. The van der Waals surface area contributed by atoms with E-state index in [2.05, 4.69) is 28.2 Å². The van der Waals surface area contributed by atoms with Crippen molar-refractivity contribution in [3.8, 4) is 0 Å². The van der Waals surface area contributed by atoms with E-state index in [4.69, 9.17) is 0 Å². The van der Waals surface area contributed by atoms with Gasteiger partial charge in [0.1, 0.15) is 0 Å². The normalized spacial score (nSPS) is 20.9. The molecule has 0 bridgehead atoms. The monoisotopic (exact) mass is 233 g/mol. The van der Waals surface area contributed by atoms with E-state index in [0.29, 0.717) is 0 Å². The van der Waals surface area contributed by atoms with Gasteiger partial charge in [-0.3, -0.25) is 4.98 Å². The van der Waals surface area contributed by atoms with Crippen molar-refractivity contribution in [3.05, 3.63) is 30.1 Å². The Morgan fingerprint density at radius 1 is 1.47 bits per heavy atom. The van der Waals surface area contributed by atoms with Crippen molar-refractivity contribution in [2.75, 3.05) is 26.2 Å². The Morgan fingerprint density at radius 3 is 3.12 bits per heavy atom. The van der Waals surface area contributed by atoms with E-state index < -0.39 is 0 Å². The molecule has 94 valence electrons. The van der Waals surface area contributed by atoms with Crippen LogP contribution < -0.4 is 5.32 Å². The summed E-state index contributed by atoms with van der Waals surface area (Å²) in [5, 5.41) is 3.46. The first-order chi connectivity index (χ1) is 8.38. The Balaban J connectivity index is 1.58. The molecule has 0 aliphatic carbocycles. The molecule has 1 atom stereocenters. The summed E-state index contributed by atoms with van der Waals surface area (Å²) in [4.78, 5) is 6.87. The van der Waals surface area contributed by atoms with Crippen LogP contribution in [0.1, 0.15) is 25.5 Å². The maximum Gasteiger partial charge on any atom is 0.0541 e. The minimum atomic E-state index is 0.881. The van der Waals surface area contributed by atoms with E-state index in [1.165, 1.54) is 32.5 Å². The van der Waals surface area contributed by atoms with E-state index in [1.54, 1.807) is 0 Å². The van der Waals surface area contributed by atoms with Crippen LogP contribution in [0.3, 0.4) is 0 Å². The summed E-state index contributed by atoms with van der Waals surface area (Å²) < 4.78 is 0. The van der Waals surface area contributed by atoms with Gasteiger partial charge in [-0.25, -0.2) is 0 Å². The smallest absolute Gasteiger partial charge is 0.0541 e. The van der Waals surface area contributed by atoms with E-state index in [0.717, 1.165) is 24.7 Å². The fourth-order valence-corrected chi connectivity index (χ4v) is 2.41. The maximum absolute atomic E-state index is 4.30. The molecule has 17 heavy (non-hydrogen) atoms. The van der Waals surface area contributed by atoms with Gasteiger partial charge in [-0.15, -0.1) is 0 Å². The summed E-state index contributed by atoms with van der Waals surface area (Å²) >= 11 is 0. The highest BCUT2D eigenvalue weighted by Crippen LogP contribution is 2.17. The predicted molar refractivity (Wildman–Crippen MR) is 70.8 cm³/mol. The zero-order chi connectivity index (χ0) is 11.9. The number of likely N-dealkylation sites (tertiary alicyclic amines) is 1. The summed E-state index contributed by atoms with van der Waals surface area (Å²) in [5.41, 5.74) is 1.13. The van der Waals surface area contributed by atoms with Crippen molar-refractivity contribution < 1.29 is 0 Å². The van der Waals surface area contributed by atoms with Crippen molar-refractivity contribution in [2.45, 2.75) is 26.3 Å². The third-order valence-corrected chi connectivity index (χ3v) is 3.58. The average molecular weight is 233 g/mol. The Bertz CT molecular complexity index is 313. The number of hydrogen-bond acceptors (Lipinski definition) is 3. The Hall–Kier alpha value is -0.930. The SMILES string of the molecule is CCC1CCN(CCNCc2ccccn2)C1. The number of nitrogens with zero attached hydrogens (tertiary/aromatic N) is 2. The molecule has 1 aromatic rings. The Labute approximate surface area is 104 Å². The zero-order valence-corrected chi connectivity index (χ0v) is 10.7. The lowest BCUT2D eigenvalue weighted by molar-refractivity contribution is 0.320. The first-order valence-corrected chi connectivity index (χ1v) is 6.71. The van der Waals surface area contributed by atoms with Crippen LogP contribution in [-0.2, 0) is 6.54 Å². The number of hydrogen-bond donors (Lipinski definition) is 1. The summed E-state index contributed by atoms with van der Waals surface area (Å²) in [5.74, 6) is 0.936. The average Bonchev–Trinajstić information content (AvgIpc) is 2.84. The van der Waals surface area contributed by atoms with Gasteiger partial charge in [0, 0.05) is 32.4 Å². The highest BCUT2D eigenvalue weighted by molar-refractivity contribution is 5.02. The van der Waals surface area contributed by atoms with Crippen molar-refractivity contribution in [3.63, 3.8) is 0 Å². The lowest BCUT2D eigenvalue weighted by Crippen LogP contribution is -2.30. The van der Waals surface area contributed by atoms with Crippen LogP contribution in [0.4, 0.5) is 0 Å². The predicted octanol–water partition coefficient (Wildman–Crippen LogP) is 1.90. The van der Waals surface area contributed by atoms with Crippen LogP contribution >= 0.6 is 0 Å². The molecule has 2 heterocycles. The topological polar surface area (TPSA) is 28.2 Å². The molecule has 0 aromatic carbocycles. The summed E-state index contributed by atoms with van der Waals surface area (Å²) in [6.45, 7) is 7.99. The molecule has 1 saturated heterocycles. The molecule has 1 aromatic heterocycles. The highest BCUT2D eigenvalue weighted by Gasteiger charge is 2.19. The zero-order valence-electron chi connectivity index (χ0n) is 10.7. The first-order valence-electron chi connectivity index (χ1n) is 6.71. The molecule has 0 spiro atoms. The van der Waals surface area contributed by atoms with Gasteiger partial charge in [-0.1, -0.05) is 19.4 Å². The molecule has 0 amide bonds. The lowest BCUT2D eigenvalue weighted by Gasteiger charge is -2.15. The molecule has 1 unspecified atom stereocenters. The number of pyridine rings is 1. The largest absolute Gasteiger partial charge is 0.310 e. The molecule has 1 fully saturated rings. The van der Waals surface area contributed by atoms with Gasteiger partial charge in [0.05, 0.1) is 5.69 Å². The molecule has 1 aliphatic heterocycles. The fraction of sp³-hybridized carbons (Fsp3) is 0.643. The number of aromatic nitrogens is 1. The van der Waals surface area contributed by atoms with Crippen molar-refractivity contribution in [2.24, 2.45) is 5.92 Å². The first kappa shape index (κ1) is 12.5.